The van der Waals surface area contributed by atoms with Crippen LogP contribution in [0.25, 0.3) is 0 Å². The molecule has 0 aromatic carbocycles. The molecule has 0 aliphatic rings. The van der Waals surface area contributed by atoms with Crippen LogP contribution in [0.3, 0.4) is 0 Å². The summed E-state index contributed by atoms with van der Waals surface area (Å²) >= 11 is 0. The minimum absolute atomic E-state index is 0.0560. The predicted octanol–water partition coefficient (Wildman–Crippen LogP) is -2.73. The summed E-state index contributed by atoms with van der Waals surface area (Å²) in [5.41, 5.74) is 10.7. The fraction of sp³-hybridized carbons (Fsp3) is 0.647. The Labute approximate surface area is 172 Å². The number of aliphatic carboxylic acids is 2. The second-order valence-electron chi connectivity index (χ2n) is 7.07. The fourth-order valence-corrected chi connectivity index (χ4v) is 2.36. The van der Waals surface area contributed by atoms with Crippen LogP contribution in [0.5, 0.6) is 0 Å². The number of nitrogens with two attached hydrogens (primary N) is 2. The number of carbonyl (C=O) groups is 6. The van der Waals surface area contributed by atoms with E-state index >= 15 is 0 Å². The van der Waals surface area contributed by atoms with Crippen molar-refractivity contribution in [2.45, 2.75) is 57.7 Å². The van der Waals surface area contributed by atoms with Gasteiger partial charge in [0.15, 0.2) is 0 Å². The standard InChI is InChI=1S/C17H29N5O8/c1-8(2)5-10(16(29)20-7-14(26)27)22-17(30)11(6-12(19)23)21-15(28)9(18)3-4-13(24)25/h8-11H,3-7,18H2,1-2H3,(H2,19,23)(H,20,29)(H,21,28)(H,22,30)(H,24,25)(H,26,27). The Morgan fingerprint density at radius 2 is 1.43 bits per heavy atom. The van der Waals surface area contributed by atoms with Crippen LogP contribution in [-0.4, -0.2) is 70.5 Å². The van der Waals surface area contributed by atoms with Gasteiger partial charge in [-0.3, -0.25) is 28.8 Å². The predicted molar refractivity (Wildman–Crippen MR) is 103 cm³/mol. The third kappa shape index (κ3) is 11.6. The molecule has 0 rings (SSSR count). The summed E-state index contributed by atoms with van der Waals surface area (Å²) in [6, 6.07) is -3.81. The van der Waals surface area contributed by atoms with Gasteiger partial charge < -0.3 is 37.6 Å². The zero-order valence-corrected chi connectivity index (χ0v) is 16.8. The molecule has 3 unspecified atom stereocenters. The lowest BCUT2D eigenvalue weighted by Gasteiger charge is -2.24. The smallest absolute Gasteiger partial charge is 0.322 e. The Morgan fingerprint density at radius 1 is 0.867 bits per heavy atom. The zero-order chi connectivity index (χ0) is 23.4. The van der Waals surface area contributed by atoms with E-state index in [2.05, 4.69) is 16.0 Å². The van der Waals surface area contributed by atoms with Crippen LogP contribution in [-0.2, 0) is 28.8 Å². The van der Waals surface area contributed by atoms with Crippen molar-refractivity contribution in [3.8, 4) is 0 Å². The maximum Gasteiger partial charge on any atom is 0.322 e. The van der Waals surface area contributed by atoms with Gasteiger partial charge in [-0.2, -0.15) is 0 Å². The molecule has 4 amide bonds. The molecule has 0 heterocycles. The van der Waals surface area contributed by atoms with E-state index in [1.807, 2.05) is 0 Å². The van der Waals surface area contributed by atoms with E-state index in [9.17, 15) is 28.8 Å². The van der Waals surface area contributed by atoms with E-state index in [0.29, 0.717) is 0 Å². The Hall–Kier alpha value is -3.22. The zero-order valence-electron chi connectivity index (χ0n) is 16.8. The second-order valence-corrected chi connectivity index (χ2v) is 7.07. The number of hydrogen-bond acceptors (Lipinski definition) is 7. The second kappa shape index (κ2) is 13.1. The van der Waals surface area contributed by atoms with E-state index in [0.717, 1.165) is 0 Å². The van der Waals surface area contributed by atoms with Crippen molar-refractivity contribution >= 4 is 35.6 Å². The summed E-state index contributed by atoms with van der Waals surface area (Å²) in [5.74, 6) is -5.91. The van der Waals surface area contributed by atoms with Crippen LogP contribution in [0, 0.1) is 5.92 Å². The van der Waals surface area contributed by atoms with Crippen molar-refractivity contribution in [2.75, 3.05) is 6.54 Å². The number of primary amides is 1. The monoisotopic (exact) mass is 431 g/mol. The average molecular weight is 431 g/mol. The van der Waals surface area contributed by atoms with Crippen molar-refractivity contribution in [2.24, 2.45) is 17.4 Å². The molecule has 0 aliphatic heterocycles. The first-order valence-corrected chi connectivity index (χ1v) is 9.19. The molecule has 0 radical (unpaired) electrons. The van der Waals surface area contributed by atoms with Crippen LogP contribution in [0.2, 0.25) is 0 Å². The largest absolute Gasteiger partial charge is 0.481 e. The molecule has 30 heavy (non-hydrogen) atoms. The molecule has 0 fully saturated rings. The summed E-state index contributed by atoms with van der Waals surface area (Å²) < 4.78 is 0. The van der Waals surface area contributed by atoms with Gasteiger partial charge in [-0.05, 0) is 18.8 Å². The van der Waals surface area contributed by atoms with Gasteiger partial charge in [-0.25, -0.2) is 0 Å². The minimum Gasteiger partial charge on any atom is -0.481 e. The molecule has 9 N–H and O–H groups in total. The maximum absolute atomic E-state index is 12.6. The van der Waals surface area contributed by atoms with Crippen LogP contribution >= 0.6 is 0 Å². The number of amides is 4. The summed E-state index contributed by atoms with van der Waals surface area (Å²) in [5, 5.41) is 24.1. The van der Waals surface area contributed by atoms with Crippen molar-refractivity contribution in [1.82, 2.24) is 16.0 Å². The SMILES string of the molecule is CC(C)CC(NC(=O)C(CC(N)=O)NC(=O)C(N)CCC(=O)O)C(=O)NCC(=O)O. The molecule has 3 atom stereocenters. The van der Waals surface area contributed by atoms with E-state index in [1.54, 1.807) is 13.8 Å². The third-order valence-electron chi connectivity index (χ3n) is 3.80. The lowest BCUT2D eigenvalue weighted by Crippen LogP contribution is -2.57. The van der Waals surface area contributed by atoms with Crippen molar-refractivity contribution in [3.63, 3.8) is 0 Å². The number of carboxylic acid groups (broad SMARTS) is 2. The van der Waals surface area contributed by atoms with Gasteiger partial charge in [0.25, 0.3) is 0 Å². The Balaban J connectivity index is 5.24. The van der Waals surface area contributed by atoms with Gasteiger partial charge >= 0.3 is 11.9 Å². The van der Waals surface area contributed by atoms with Crippen molar-refractivity contribution in [3.05, 3.63) is 0 Å². The number of nitrogens with one attached hydrogen (secondary N) is 3. The van der Waals surface area contributed by atoms with Gasteiger partial charge in [-0.15, -0.1) is 0 Å². The normalized spacial score (nSPS) is 13.6. The lowest BCUT2D eigenvalue weighted by molar-refractivity contribution is -0.139. The number of carboxylic acids is 2. The fourth-order valence-electron chi connectivity index (χ4n) is 2.36. The van der Waals surface area contributed by atoms with E-state index < -0.39 is 66.7 Å². The van der Waals surface area contributed by atoms with Crippen LogP contribution in [0.15, 0.2) is 0 Å². The first-order valence-electron chi connectivity index (χ1n) is 9.19. The third-order valence-corrected chi connectivity index (χ3v) is 3.80. The highest BCUT2D eigenvalue weighted by Crippen LogP contribution is 2.06. The Morgan fingerprint density at radius 3 is 1.90 bits per heavy atom. The van der Waals surface area contributed by atoms with Crippen LogP contribution in [0.1, 0.15) is 39.5 Å². The highest BCUT2D eigenvalue weighted by atomic mass is 16.4. The van der Waals surface area contributed by atoms with Gasteiger partial charge in [0.05, 0.1) is 12.5 Å². The molecular formula is C17H29N5O8. The topological polar surface area (TPSA) is 231 Å². The summed E-state index contributed by atoms with van der Waals surface area (Å²) in [6.07, 6.45) is -0.998. The molecule has 0 saturated carbocycles. The molecule has 0 bridgehead atoms. The van der Waals surface area contributed by atoms with E-state index in [-0.39, 0.29) is 25.2 Å². The van der Waals surface area contributed by atoms with Gasteiger partial charge in [-0.1, -0.05) is 13.8 Å². The van der Waals surface area contributed by atoms with Gasteiger partial charge in [0.2, 0.25) is 23.6 Å². The van der Waals surface area contributed by atoms with Gasteiger partial charge in [0.1, 0.15) is 18.6 Å². The maximum atomic E-state index is 12.6. The number of hydrogen-bond donors (Lipinski definition) is 7. The Bertz CT molecular complexity index is 667. The first kappa shape index (κ1) is 26.8. The molecule has 0 saturated heterocycles. The minimum atomic E-state index is -1.45. The molecule has 0 spiro atoms. The summed E-state index contributed by atoms with van der Waals surface area (Å²) in [6.45, 7) is 2.89. The van der Waals surface area contributed by atoms with Crippen molar-refractivity contribution < 1.29 is 39.0 Å². The molecule has 13 heteroatoms. The summed E-state index contributed by atoms with van der Waals surface area (Å²) in [4.78, 5) is 69.4. The molecule has 170 valence electrons. The molecule has 0 aromatic rings. The van der Waals surface area contributed by atoms with Gasteiger partial charge in [0, 0.05) is 6.42 Å². The lowest BCUT2D eigenvalue weighted by atomic mass is 10.0. The van der Waals surface area contributed by atoms with Crippen LogP contribution in [0.4, 0.5) is 0 Å². The first-order chi connectivity index (χ1) is 13.8. The highest BCUT2D eigenvalue weighted by Gasteiger charge is 2.29. The Kier molecular flexibility index (Phi) is 11.7. The van der Waals surface area contributed by atoms with Crippen molar-refractivity contribution in [1.29, 1.82) is 0 Å². The quantitative estimate of drug-likeness (QED) is 0.151. The molecule has 13 nitrogen and oxygen atoms in total. The van der Waals surface area contributed by atoms with Crippen LogP contribution < -0.4 is 27.4 Å². The number of carbonyl (C=O) groups excluding carboxylic acids is 4. The highest BCUT2D eigenvalue weighted by molar-refractivity contribution is 5.95. The number of rotatable bonds is 14. The summed E-state index contributed by atoms with van der Waals surface area (Å²) in [7, 11) is 0. The molecule has 0 aromatic heterocycles. The molecule has 0 aliphatic carbocycles. The van der Waals surface area contributed by atoms with E-state index in [4.69, 9.17) is 21.7 Å². The average Bonchev–Trinajstić information content (AvgIpc) is 2.61. The molecular weight excluding hydrogens is 402 g/mol. The van der Waals surface area contributed by atoms with E-state index in [1.165, 1.54) is 0 Å².